The summed E-state index contributed by atoms with van der Waals surface area (Å²) in [6.07, 6.45) is 3.41. The fourth-order valence-corrected chi connectivity index (χ4v) is 1.60. The Bertz CT molecular complexity index is 324. The van der Waals surface area contributed by atoms with Crippen molar-refractivity contribution >= 4 is 15.9 Å². The predicted octanol–water partition coefficient (Wildman–Crippen LogP) is 3.42. The van der Waals surface area contributed by atoms with E-state index in [2.05, 4.69) is 58.1 Å². The second-order valence-corrected chi connectivity index (χ2v) is 4.04. The molecule has 1 aromatic rings. The molecular formula is C14H17BrO. The molecule has 0 aliphatic rings. The molecule has 16 heavy (non-hydrogen) atoms. The Morgan fingerprint density at radius 1 is 1.06 bits per heavy atom. The summed E-state index contributed by atoms with van der Waals surface area (Å²) in [6, 6.07) is 10.6. The van der Waals surface area contributed by atoms with Crippen molar-refractivity contribution in [3.05, 3.63) is 35.9 Å². The minimum atomic E-state index is 0.553. The summed E-state index contributed by atoms with van der Waals surface area (Å²) in [5, 5.41) is 0.727. The highest BCUT2D eigenvalue weighted by atomic mass is 79.9. The van der Waals surface area contributed by atoms with Crippen LogP contribution in [0.1, 0.15) is 18.4 Å². The largest absolute Gasteiger partial charge is 0.369 e. The van der Waals surface area contributed by atoms with Crippen molar-refractivity contribution in [2.45, 2.75) is 19.3 Å². The molecule has 0 radical (unpaired) electrons. The van der Waals surface area contributed by atoms with E-state index in [-0.39, 0.29) is 0 Å². The molecular weight excluding hydrogens is 264 g/mol. The topological polar surface area (TPSA) is 9.23 Å². The van der Waals surface area contributed by atoms with Gasteiger partial charge in [0.05, 0.1) is 5.33 Å². The maximum Gasteiger partial charge on any atom is 0.107 e. The van der Waals surface area contributed by atoms with Gasteiger partial charge in [0.2, 0.25) is 0 Å². The van der Waals surface area contributed by atoms with Crippen LogP contribution in [0.4, 0.5) is 0 Å². The lowest BCUT2D eigenvalue weighted by molar-refractivity contribution is 0.162. The summed E-state index contributed by atoms with van der Waals surface area (Å²) in [6.45, 7) is 1.36. The van der Waals surface area contributed by atoms with Gasteiger partial charge in [-0.05, 0) is 24.8 Å². The lowest BCUT2D eigenvalue weighted by Crippen LogP contribution is -1.96. The molecule has 2 heteroatoms. The maximum atomic E-state index is 5.38. The summed E-state index contributed by atoms with van der Waals surface area (Å²) in [4.78, 5) is 0. The number of hydrogen-bond acceptors (Lipinski definition) is 1. The van der Waals surface area contributed by atoms with Gasteiger partial charge in [-0.2, -0.15) is 0 Å². The lowest BCUT2D eigenvalue weighted by atomic mass is 10.1. The Hall–Kier alpha value is -0.780. The van der Waals surface area contributed by atoms with E-state index < -0.39 is 0 Å². The molecule has 0 atom stereocenters. The van der Waals surface area contributed by atoms with Crippen molar-refractivity contribution in [3.63, 3.8) is 0 Å². The van der Waals surface area contributed by atoms with Gasteiger partial charge in [-0.1, -0.05) is 58.1 Å². The van der Waals surface area contributed by atoms with Gasteiger partial charge in [-0.3, -0.25) is 0 Å². The maximum absolute atomic E-state index is 5.38. The minimum absolute atomic E-state index is 0.553. The highest BCUT2D eigenvalue weighted by Crippen LogP contribution is 2.04. The average molecular weight is 281 g/mol. The number of alkyl halides is 1. The number of hydrogen-bond donors (Lipinski definition) is 0. The molecule has 0 spiro atoms. The van der Waals surface area contributed by atoms with Crippen LogP contribution in [0, 0.1) is 11.8 Å². The summed E-state index contributed by atoms with van der Waals surface area (Å²) in [5.74, 6) is 5.83. The highest BCUT2D eigenvalue weighted by Gasteiger charge is 1.92. The molecule has 0 heterocycles. The summed E-state index contributed by atoms with van der Waals surface area (Å²) >= 11 is 3.24. The van der Waals surface area contributed by atoms with Crippen LogP contribution in [0.2, 0.25) is 0 Å². The Morgan fingerprint density at radius 2 is 1.88 bits per heavy atom. The molecule has 0 saturated carbocycles. The van der Waals surface area contributed by atoms with E-state index in [0.29, 0.717) is 6.61 Å². The monoisotopic (exact) mass is 280 g/mol. The van der Waals surface area contributed by atoms with Gasteiger partial charge >= 0.3 is 0 Å². The van der Waals surface area contributed by atoms with Crippen molar-refractivity contribution in [3.8, 4) is 11.8 Å². The Labute approximate surface area is 106 Å². The van der Waals surface area contributed by atoms with Crippen molar-refractivity contribution < 1.29 is 4.74 Å². The molecule has 0 N–H and O–H groups in total. The first-order valence-electron chi connectivity index (χ1n) is 5.57. The first-order chi connectivity index (χ1) is 7.93. The minimum Gasteiger partial charge on any atom is -0.369 e. The average Bonchev–Trinajstić information content (AvgIpc) is 2.34. The third-order valence-electron chi connectivity index (χ3n) is 2.21. The number of aryl methyl sites for hydroxylation is 1. The Morgan fingerprint density at radius 3 is 2.62 bits per heavy atom. The van der Waals surface area contributed by atoms with Crippen LogP contribution in [0.25, 0.3) is 0 Å². The van der Waals surface area contributed by atoms with Gasteiger partial charge in [0.1, 0.15) is 6.61 Å². The molecule has 0 aliphatic heterocycles. The summed E-state index contributed by atoms with van der Waals surface area (Å²) < 4.78 is 5.38. The van der Waals surface area contributed by atoms with E-state index in [0.717, 1.165) is 24.8 Å². The number of unbranched alkanes of at least 4 members (excludes halogenated alkanes) is 1. The molecule has 0 bridgehead atoms. The lowest BCUT2D eigenvalue weighted by Gasteiger charge is -2.01. The number of halogens is 1. The van der Waals surface area contributed by atoms with E-state index in [9.17, 15) is 0 Å². The second kappa shape index (κ2) is 9.45. The normalized spacial score (nSPS) is 9.56. The third-order valence-corrected chi connectivity index (χ3v) is 2.49. The van der Waals surface area contributed by atoms with Crippen LogP contribution in [0.5, 0.6) is 0 Å². The van der Waals surface area contributed by atoms with Gasteiger partial charge in [0.15, 0.2) is 0 Å². The molecule has 0 saturated heterocycles. The molecule has 0 fully saturated rings. The SMILES string of the molecule is BrCC#CCOCCCCc1ccccc1. The van der Waals surface area contributed by atoms with Gasteiger partial charge in [-0.25, -0.2) is 0 Å². The van der Waals surface area contributed by atoms with Crippen LogP contribution >= 0.6 is 15.9 Å². The van der Waals surface area contributed by atoms with E-state index in [1.54, 1.807) is 0 Å². The quantitative estimate of drug-likeness (QED) is 0.441. The summed E-state index contributed by atoms with van der Waals surface area (Å²) in [7, 11) is 0. The van der Waals surface area contributed by atoms with Gasteiger partial charge in [-0.15, -0.1) is 0 Å². The zero-order valence-corrected chi connectivity index (χ0v) is 11.0. The Balaban J connectivity index is 1.96. The first-order valence-corrected chi connectivity index (χ1v) is 6.69. The van der Waals surface area contributed by atoms with Gasteiger partial charge in [0, 0.05) is 6.61 Å². The van der Waals surface area contributed by atoms with Crippen LogP contribution in [-0.4, -0.2) is 18.5 Å². The molecule has 0 aliphatic carbocycles. The fourth-order valence-electron chi connectivity index (χ4n) is 1.40. The molecule has 0 aromatic heterocycles. The predicted molar refractivity (Wildman–Crippen MR) is 71.8 cm³/mol. The third kappa shape index (κ3) is 6.66. The van der Waals surface area contributed by atoms with E-state index in [1.165, 1.54) is 12.0 Å². The van der Waals surface area contributed by atoms with Crippen LogP contribution in [0.3, 0.4) is 0 Å². The Kier molecular flexibility index (Phi) is 7.84. The number of ether oxygens (including phenoxy) is 1. The van der Waals surface area contributed by atoms with Crippen LogP contribution in [0.15, 0.2) is 30.3 Å². The molecule has 0 unspecified atom stereocenters. The van der Waals surface area contributed by atoms with Crippen molar-refractivity contribution in [1.29, 1.82) is 0 Å². The molecule has 1 rings (SSSR count). The summed E-state index contributed by atoms with van der Waals surface area (Å²) in [5.41, 5.74) is 1.40. The standard InChI is InChI=1S/C14H17BrO/c15-11-5-7-13-16-12-6-4-10-14-8-2-1-3-9-14/h1-3,8-9H,4,6,10-13H2. The fraction of sp³-hybridized carbons (Fsp3) is 0.429. The number of rotatable bonds is 6. The van der Waals surface area contributed by atoms with Gasteiger partial charge in [0.25, 0.3) is 0 Å². The van der Waals surface area contributed by atoms with E-state index in [4.69, 9.17) is 4.74 Å². The van der Waals surface area contributed by atoms with E-state index >= 15 is 0 Å². The highest BCUT2D eigenvalue weighted by molar-refractivity contribution is 9.09. The number of benzene rings is 1. The van der Waals surface area contributed by atoms with Crippen molar-refractivity contribution in [2.24, 2.45) is 0 Å². The van der Waals surface area contributed by atoms with Crippen LogP contribution < -0.4 is 0 Å². The molecule has 0 amide bonds. The first kappa shape index (κ1) is 13.3. The van der Waals surface area contributed by atoms with Crippen molar-refractivity contribution in [1.82, 2.24) is 0 Å². The van der Waals surface area contributed by atoms with Crippen LogP contribution in [-0.2, 0) is 11.2 Å². The molecule has 86 valence electrons. The van der Waals surface area contributed by atoms with Crippen molar-refractivity contribution in [2.75, 3.05) is 18.5 Å². The molecule has 1 aromatic carbocycles. The smallest absolute Gasteiger partial charge is 0.107 e. The zero-order valence-electron chi connectivity index (χ0n) is 9.42. The zero-order chi connectivity index (χ0) is 11.5. The molecule has 1 nitrogen and oxygen atoms in total. The second-order valence-electron chi connectivity index (χ2n) is 3.48. The van der Waals surface area contributed by atoms with E-state index in [1.807, 2.05) is 0 Å². The van der Waals surface area contributed by atoms with Gasteiger partial charge < -0.3 is 4.74 Å².